The molecular weight excluding hydrogens is 242 g/mol. The fraction of sp³-hybridized carbons (Fsp3) is 0.769. The van der Waals surface area contributed by atoms with Gasteiger partial charge in [-0.15, -0.1) is 5.10 Å². The average Bonchev–Trinajstić information content (AvgIpc) is 2.47. The number of morpholine rings is 1. The number of nitrogens with zero attached hydrogens (tertiary/aromatic N) is 4. The van der Waals surface area contributed by atoms with Crippen LogP contribution in [-0.2, 0) is 17.6 Å². The molecule has 0 aliphatic carbocycles. The Morgan fingerprint density at radius 1 is 1.26 bits per heavy atom. The minimum atomic E-state index is 0.193. The number of aromatic nitrogens is 3. The van der Waals surface area contributed by atoms with E-state index in [0.29, 0.717) is 5.95 Å². The molecule has 0 saturated carbocycles. The molecule has 1 saturated heterocycles. The molecule has 1 aliphatic rings. The van der Waals surface area contributed by atoms with E-state index >= 15 is 0 Å². The van der Waals surface area contributed by atoms with Gasteiger partial charge in [0.05, 0.1) is 24.1 Å². The molecule has 6 heteroatoms. The number of likely N-dealkylation sites (N-methyl/N-ethyl adjacent to an activating group) is 1. The van der Waals surface area contributed by atoms with Gasteiger partial charge < -0.3 is 15.0 Å². The Morgan fingerprint density at radius 2 is 2.05 bits per heavy atom. The van der Waals surface area contributed by atoms with E-state index in [9.17, 15) is 0 Å². The van der Waals surface area contributed by atoms with Gasteiger partial charge in [0.2, 0.25) is 5.95 Å². The van der Waals surface area contributed by atoms with Crippen molar-refractivity contribution in [1.82, 2.24) is 20.5 Å². The van der Waals surface area contributed by atoms with Crippen molar-refractivity contribution in [2.45, 2.75) is 32.8 Å². The SMILES string of the molecule is CCc1nnc(N(C)CC2CNCCO2)nc1CC. The molecule has 2 heterocycles. The summed E-state index contributed by atoms with van der Waals surface area (Å²) in [5, 5.41) is 11.8. The molecule has 1 atom stereocenters. The van der Waals surface area contributed by atoms with Crippen LogP contribution in [0.5, 0.6) is 0 Å². The molecule has 1 unspecified atom stereocenters. The van der Waals surface area contributed by atoms with Crippen molar-refractivity contribution in [3.05, 3.63) is 11.4 Å². The summed E-state index contributed by atoms with van der Waals surface area (Å²) >= 11 is 0. The van der Waals surface area contributed by atoms with Crippen molar-refractivity contribution in [1.29, 1.82) is 0 Å². The summed E-state index contributed by atoms with van der Waals surface area (Å²) < 4.78 is 5.69. The van der Waals surface area contributed by atoms with Crippen molar-refractivity contribution in [2.24, 2.45) is 0 Å². The normalized spacial score (nSPS) is 19.4. The second-order valence-electron chi connectivity index (χ2n) is 4.79. The molecule has 0 radical (unpaired) electrons. The van der Waals surface area contributed by atoms with Gasteiger partial charge in [0.1, 0.15) is 0 Å². The summed E-state index contributed by atoms with van der Waals surface area (Å²) in [5.41, 5.74) is 2.04. The quantitative estimate of drug-likeness (QED) is 0.832. The van der Waals surface area contributed by atoms with Gasteiger partial charge in [0, 0.05) is 26.7 Å². The molecule has 0 spiro atoms. The molecule has 1 aromatic heterocycles. The number of ether oxygens (including phenoxy) is 1. The zero-order valence-corrected chi connectivity index (χ0v) is 12.0. The first-order valence-electron chi connectivity index (χ1n) is 7.00. The van der Waals surface area contributed by atoms with Gasteiger partial charge in [-0.25, -0.2) is 4.98 Å². The Hall–Kier alpha value is -1.27. The first-order valence-corrected chi connectivity index (χ1v) is 7.00. The molecule has 1 aromatic rings. The highest BCUT2D eigenvalue weighted by atomic mass is 16.5. The summed E-state index contributed by atoms with van der Waals surface area (Å²) in [6.45, 7) is 7.54. The van der Waals surface area contributed by atoms with E-state index in [1.165, 1.54) is 0 Å². The number of hydrogen-bond donors (Lipinski definition) is 1. The summed E-state index contributed by atoms with van der Waals surface area (Å²) in [4.78, 5) is 6.62. The Morgan fingerprint density at radius 3 is 2.68 bits per heavy atom. The highest BCUT2D eigenvalue weighted by molar-refractivity contribution is 5.29. The van der Waals surface area contributed by atoms with Crippen molar-refractivity contribution in [2.75, 3.05) is 38.2 Å². The highest BCUT2D eigenvalue weighted by Gasteiger charge is 2.18. The van der Waals surface area contributed by atoms with E-state index < -0.39 is 0 Å². The fourth-order valence-corrected chi connectivity index (χ4v) is 2.21. The molecule has 1 N–H and O–H groups in total. The van der Waals surface area contributed by atoms with Crippen LogP contribution in [0.1, 0.15) is 25.2 Å². The summed E-state index contributed by atoms with van der Waals surface area (Å²) in [5.74, 6) is 0.684. The third-order valence-electron chi connectivity index (χ3n) is 3.32. The van der Waals surface area contributed by atoms with E-state index in [0.717, 1.165) is 50.5 Å². The molecule has 1 fully saturated rings. The number of nitrogens with one attached hydrogen (secondary N) is 1. The molecule has 1 aliphatic heterocycles. The Kier molecular flexibility index (Phi) is 5.04. The molecule has 6 nitrogen and oxygen atoms in total. The summed E-state index contributed by atoms with van der Waals surface area (Å²) in [7, 11) is 1.99. The Balaban J connectivity index is 2.03. The van der Waals surface area contributed by atoms with E-state index in [1.54, 1.807) is 0 Å². The summed E-state index contributed by atoms with van der Waals surface area (Å²) in [6.07, 6.45) is 1.96. The third-order valence-corrected chi connectivity index (χ3v) is 3.32. The predicted molar refractivity (Wildman–Crippen MR) is 74.5 cm³/mol. The molecule has 0 aromatic carbocycles. The van der Waals surface area contributed by atoms with E-state index in [4.69, 9.17) is 4.74 Å². The van der Waals surface area contributed by atoms with Crippen LogP contribution in [0.4, 0.5) is 5.95 Å². The van der Waals surface area contributed by atoms with Crippen molar-refractivity contribution < 1.29 is 4.74 Å². The Labute approximate surface area is 114 Å². The van der Waals surface area contributed by atoms with Gasteiger partial charge in [-0.3, -0.25) is 0 Å². The van der Waals surface area contributed by atoms with Crippen molar-refractivity contribution in [3.63, 3.8) is 0 Å². The van der Waals surface area contributed by atoms with Crippen LogP contribution in [0.3, 0.4) is 0 Å². The molecular formula is C13H23N5O. The van der Waals surface area contributed by atoms with Crippen LogP contribution in [-0.4, -0.2) is 54.6 Å². The average molecular weight is 265 g/mol. The standard InChI is InChI=1S/C13H23N5O/c1-4-11-12(5-2)16-17-13(15-11)18(3)9-10-8-14-6-7-19-10/h10,14H,4-9H2,1-3H3. The number of hydrogen-bond acceptors (Lipinski definition) is 6. The number of aryl methyl sites for hydroxylation is 2. The van der Waals surface area contributed by atoms with Gasteiger partial charge in [0.25, 0.3) is 0 Å². The largest absolute Gasteiger partial charge is 0.374 e. The maximum Gasteiger partial charge on any atom is 0.245 e. The first kappa shape index (κ1) is 14.1. The van der Waals surface area contributed by atoms with E-state index in [2.05, 4.69) is 34.3 Å². The van der Waals surface area contributed by atoms with Crippen LogP contribution in [0.15, 0.2) is 0 Å². The monoisotopic (exact) mass is 265 g/mol. The second-order valence-corrected chi connectivity index (χ2v) is 4.79. The van der Waals surface area contributed by atoms with Gasteiger partial charge in [0.15, 0.2) is 0 Å². The Bertz CT molecular complexity index is 406. The lowest BCUT2D eigenvalue weighted by molar-refractivity contribution is 0.0338. The smallest absolute Gasteiger partial charge is 0.245 e. The second kappa shape index (κ2) is 6.77. The van der Waals surface area contributed by atoms with Crippen LogP contribution in [0.25, 0.3) is 0 Å². The fourth-order valence-electron chi connectivity index (χ4n) is 2.21. The third kappa shape index (κ3) is 3.61. The van der Waals surface area contributed by atoms with E-state index in [1.807, 2.05) is 11.9 Å². The van der Waals surface area contributed by atoms with Gasteiger partial charge >= 0.3 is 0 Å². The molecule has 0 amide bonds. The van der Waals surface area contributed by atoms with Gasteiger partial charge in [-0.1, -0.05) is 13.8 Å². The van der Waals surface area contributed by atoms with Gasteiger partial charge in [-0.05, 0) is 12.8 Å². The van der Waals surface area contributed by atoms with Crippen LogP contribution < -0.4 is 10.2 Å². The predicted octanol–water partition coefficient (Wildman–Crippen LogP) is 0.421. The lowest BCUT2D eigenvalue weighted by atomic mass is 10.2. The molecule has 19 heavy (non-hydrogen) atoms. The topological polar surface area (TPSA) is 63.2 Å². The maximum absolute atomic E-state index is 5.69. The summed E-state index contributed by atoms with van der Waals surface area (Å²) in [6, 6.07) is 0. The molecule has 2 rings (SSSR count). The number of rotatable bonds is 5. The van der Waals surface area contributed by atoms with E-state index in [-0.39, 0.29) is 6.10 Å². The van der Waals surface area contributed by atoms with Crippen LogP contribution in [0, 0.1) is 0 Å². The van der Waals surface area contributed by atoms with Crippen molar-refractivity contribution >= 4 is 5.95 Å². The minimum absolute atomic E-state index is 0.193. The maximum atomic E-state index is 5.69. The van der Waals surface area contributed by atoms with Crippen LogP contribution >= 0.6 is 0 Å². The number of anilines is 1. The van der Waals surface area contributed by atoms with Crippen molar-refractivity contribution in [3.8, 4) is 0 Å². The highest BCUT2D eigenvalue weighted by Crippen LogP contribution is 2.11. The lowest BCUT2D eigenvalue weighted by Gasteiger charge is -2.28. The zero-order chi connectivity index (χ0) is 13.7. The molecule has 0 bridgehead atoms. The minimum Gasteiger partial charge on any atom is -0.374 e. The molecule has 106 valence electrons. The first-order chi connectivity index (χ1) is 9.24. The van der Waals surface area contributed by atoms with Crippen LogP contribution in [0.2, 0.25) is 0 Å². The lowest BCUT2D eigenvalue weighted by Crippen LogP contribution is -2.44. The van der Waals surface area contributed by atoms with Gasteiger partial charge in [-0.2, -0.15) is 5.10 Å². The zero-order valence-electron chi connectivity index (χ0n) is 12.0.